The van der Waals surface area contributed by atoms with Gasteiger partial charge in [-0.15, -0.1) is 0 Å². The molecular weight excluding hydrogens is 232 g/mol. The van der Waals surface area contributed by atoms with E-state index in [-0.39, 0.29) is 0 Å². The molecule has 96 valence electrons. The van der Waals surface area contributed by atoms with Crippen LogP contribution in [0.5, 0.6) is 17.2 Å². The van der Waals surface area contributed by atoms with Crippen molar-refractivity contribution in [3.05, 3.63) is 17.8 Å². The molecule has 0 radical (unpaired) electrons. The molecule has 2 N–H and O–H groups in total. The number of hydrogen-bond donors (Lipinski definition) is 1. The third kappa shape index (κ3) is 1.77. The van der Waals surface area contributed by atoms with Crippen molar-refractivity contribution in [3.63, 3.8) is 0 Å². The highest BCUT2D eigenvalue weighted by molar-refractivity contribution is 5.99. The SMILES string of the molecule is COc1cc(N)c(OC)c2c(OC)cc(C)nc12. The van der Waals surface area contributed by atoms with E-state index < -0.39 is 0 Å². The highest BCUT2D eigenvalue weighted by atomic mass is 16.5. The van der Waals surface area contributed by atoms with Gasteiger partial charge in [0.2, 0.25) is 0 Å². The van der Waals surface area contributed by atoms with E-state index in [0.29, 0.717) is 28.5 Å². The van der Waals surface area contributed by atoms with Crippen LogP contribution in [0.2, 0.25) is 0 Å². The summed E-state index contributed by atoms with van der Waals surface area (Å²) in [6.07, 6.45) is 0. The van der Waals surface area contributed by atoms with Gasteiger partial charge in [0.25, 0.3) is 0 Å². The van der Waals surface area contributed by atoms with Gasteiger partial charge in [-0.3, -0.25) is 0 Å². The molecule has 5 heteroatoms. The van der Waals surface area contributed by atoms with Crippen molar-refractivity contribution < 1.29 is 14.2 Å². The monoisotopic (exact) mass is 248 g/mol. The Hall–Kier alpha value is -2.17. The Bertz CT molecular complexity index is 597. The summed E-state index contributed by atoms with van der Waals surface area (Å²) < 4.78 is 16.0. The molecule has 0 unspecified atom stereocenters. The van der Waals surface area contributed by atoms with Crippen LogP contribution < -0.4 is 19.9 Å². The van der Waals surface area contributed by atoms with Crippen LogP contribution in [-0.2, 0) is 0 Å². The number of aryl methyl sites for hydroxylation is 1. The van der Waals surface area contributed by atoms with Crippen molar-refractivity contribution in [2.24, 2.45) is 0 Å². The van der Waals surface area contributed by atoms with Gasteiger partial charge in [-0.2, -0.15) is 0 Å². The normalized spacial score (nSPS) is 10.4. The van der Waals surface area contributed by atoms with Crippen molar-refractivity contribution in [3.8, 4) is 17.2 Å². The second kappa shape index (κ2) is 4.60. The van der Waals surface area contributed by atoms with Crippen LogP contribution in [0.4, 0.5) is 5.69 Å². The van der Waals surface area contributed by atoms with E-state index in [9.17, 15) is 0 Å². The van der Waals surface area contributed by atoms with Gasteiger partial charge in [-0.05, 0) is 6.92 Å². The molecule has 18 heavy (non-hydrogen) atoms. The molecule has 0 aliphatic carbocycles. The molecule has 0 aliphatic heterocycles. The third-order valence-corrected chi connectivity index (χ3v) is 2.76. The maximum Gasteiger partial charge on any atom is 0.155 e. The molecule has 0 saturated heterocycles. The van der Waals surface area contributed by atoms with Crippen LogP contribution >= 0.6 is 0 Å². The van der Waals surface area contributed by atoms with E-state index in [4.69, 9.17) is 19.9 Å². The number of benzene rings is 1. The van der Waals surface area contributed by atoms with Crippen molar-refractivity contribution >= 4 is 16.6 Å². The number of methoxy groups -OCH3 is 3. The Labute approximate surface area is 105 Å². The van der Waals surface area contributed by atoms with Crippen LogP contribution in [0.25, 0.3) is 10.9 Å². The Kier molecular flexibility index (Phi) is 3.14. The molecular formula is C13H16N2O3. The highest BCUT2D eigenvalue weighted by Crippen LogP contribution is 2.42. The van der Waals surface area contributed by atoms with Gasteiger partial charge >= 0.3 is 0 Å². The summed E-state index contributed by atoms with van der Waals surface area (Å²) in [6, 6.07) is 3.54. The van der Waals surface area contributed by atoms with Gasteiger partial charge in [0, 0.05) is 17.8 Å². The average molecular weight is 248 g/mol. The Balaban J connectivity index is 2.96. The number of aromatic nitrogens is 1. The largest absolute Gasteiger partial charge is 0.496 e. The van der Waals surface area contributed by atoms with E-state index in [1.807, 2.05) is 13.0 Å². The lowest BCUT2D eigenvalue weighted by molar-refractivity contribution is 0.400. The topological polar surface area (TPSA) is 66.6 Å². The number of ether oxygens (including phenoxy) is 3. The smallest absolute Gasteiger partial charge is 0.155 e. The second-order valence-electron chi connectivity index (χ2n) is 3.89. The van der Waals surface area contributed by atoms with Crippen molar-refractivity contribution in [2.75, 3.05) is 27.1 Å². The first-order valence-electron chi connectivity index (χ1n) is 5.48. The van der Waals surface area contributed by atoms with E-state index in [2.05, 4.69) is 4.98 Å². The fourth-order valence-corrected chi connectivity index (χ4v) is 2.00. The van der Waals surface area contributed by atoms with Gasteiger partial charge < -0.3 is 19.9 Å². The molecule has 0 atom stereocenters. The Morgan fingerprint density at radius 3 is 2.22 bits per heavy atom. The number of nitrogens with two attached hydrogens (primary N) is 1. The number of rotatable bonds is 3. The molecule has 5 nitrogen and oxygen atoms in total. The lowest BCUT2D eigenvalue weighted by atomic mass is 10.1. The minimum atomic E-state index is 0.491. The van der Waals surface area contributed by atoms with Crippen LogP contribution in [-0.4, -0.2) is 26.3 Å². The zero-order chi connectivity index (χ0) is 13.3. The van der Waals surface area contributed by atoms with Crippen molar-refractivity contribution in [2.45, 2.75) is 6.92 Å². The standard InChI is InChI=1S/C13H16N2O3/c1-7-5-9(16-2)11-12(15-7)10(17-3)6-8(14)13(11)18-4/h5-6H,14H2,1-4H3. The van der Waals surface area contributed by atoms with Gasteiger partial charge in [0.05, 0.1) is 32.4 Å². The Morgan fingerprint density at radius 1 is 1.00 bits per heavy atom. The van der Waals surface area contributed by atoms with E-state index in [1.54, 1.807) is 27.4 Å². The quantitative estimate of drug-likeness (QED) is 0.843. The van der Waals surface area contributed by atoms with Gasteiger partial charge in [-0.25, -0.2) is 4.98 Å². The van der Waals surface area contributed by atoms with Crippen LogP contribution in [0.1, 0.15) is 5.69 Å². The summed E-state index contributed by atoms with van der Waals surface area (Å²) in [5, 5.41) is 0.724. The number of anilines is 1. The maximum atomic E-state index is 5.95. The van der Waals surface area contributed by atoms with Crippen LogP contribution in [0.3, 0.4) is 0 Å². The number of hydrogen-bond acceptors (Lipinski definition) is 5. The zero-order valence-electron chi connectivity index (χ0n) is 10.9. The number of nitrogens with zero attached hydrogens (tertiary/aromatic N) is 1. The summed E-state index contributed by atoms with van der Waals surface area (Å²) in [5.41, 5.74) is 7.96. The molecule has 0 bridgehead atoms. The summed E-state index contributed by atoms with van der Waals surface area (Å²) in [7, 11) is 4.75. The summed E-state index contributed by atoms with van der Waals surface area (Å²) in [4.78, 5) is 4.46. The van der Waals surface area contributed by atoms with E-state index in [1.165, 1.54) is 0 Å². The third-order valence-electron chi connectivity index (χ3n) is 2.76. The predicted molar refractivity (Wildman–Crippen MR) is 70.5 cm³/mol. The van der Waals surface area contributed by atoms with Crippen molar-refractivity contribution in [1.82, 2.24) is 4.98 Å². The zero-order valence-corrected chi connectivity index (χ0v) is 10.9. The highest BCUT2D eigenvalue weighted by Gasteiger charge is 2.17. The number of nitrogen functional groups attached to an aromatic ring is 1. The molecule has 0 fully saturated rings. The summed E-state index contributed by atoms with van der Waals surface area (Å²) in [5.74, 6) is 1.82. The minimum absolute atomic E-state index is 0.491. The molecule has 1 aromatic heterocycles. The fourth-order valence-electron chi connectivity index (χ4n) is 2.00. The number of fused-ring (bicyclic) bond motifs is 1. The molecule has 1 aromatic carbocycles. The molecule has 1 heterocycles. The lowest BCUT2D eigenvalue weighted by Crippen LogP contribution is -2.00. The van der Waals surface area contributed by atoms with Crippen molar-refractivity contribution in [1.29, 1.82) is 0 Å². The van der Waals surface area contributed by atoms with Crippen LogP contribution in [0, 0.1) is 6.92 Å². The average Bonchev–Trinajstić information content (AvgIpc) is 2.37. The number of pyridine rings is 1. The molecule has 0 amide bonds. The molecule has 0 aliphatic rings. The molecule has 2 aromatic rings. The van der Waals surface area contributed by atoms with E-state index in [0.717, 1.165) is 11.1 Å². The first-order chi connectivity index (χ1) is 8.62. The van der Waals surface area contributed by atoms with Gasteiger partial charge in [0.1, 0.15) is 17.0 Å². The molecule has 2 rings (SSSR count). The van der Waals surface area contributed by atoms with Gasteiger partial charge in [0.15, 0.2) is 5.75 Å². The van der Waals surface area contributed by atoms with E-state index >= 15 is 0 Å². The molecule has 0 spiro atoms. The first-order valence-corrected chi connectivity index (χ1v) is 5.48. The predicted octanol–water partition coefficient (Wildman–Crippen LogP) is 2.15. The van der Waals surface area contributed by atoms with Gasteiger partial charge in [-0.1, -0.05) is 0 Å². The summed E-state index contributed by atoms with van der Waals surface area (Å²) in [6.45, 7) is 1.89. The molecule has 0 saturated carbocycles. The maximum absolute atomic E-state index is 5.95. The minimum Gasteiger partial charge on any atom is -0.496 e. The Morgan fingerprint density at radius 2 is 1.67 bits per heavy atom. The summed E-state index contributed by atoms with van der Waals surface area (Å²) >= 11 is 0. The fraction of sp³-hybridized carbons (Fsp3) is 0.308. The second-order valence-corrected chi connectivity index (χ2v) is 3.89. The lowest BCUT2D eigenvalue weighted by Gasteiger charge is -2.15. The first kappa shape index (κ1) is 12.3. The van der Waals surface area contributed by atoms with Crippen LogP contribution in [0.15, 0.2) is 12.1 Å².